The van der Waals surface area contributed by atoms with Gasteiger partial charge in [0, 0.05) is 5.56 Å². The van der Waals surface area contributed by atoms with Crippen molar-refractivity contribution in [2.75, 3.05) is 7.11 Å². The summed E-state index contributed by atoms with van der Waals surface area (Å²) in [7, 11) is 1.66. The third-order valence-electron chi connectivity index (χ3n) is 3.78. The number of para-hydroxylation sites is 1. The van der Waals surface area contributed by atoms with Crippen molar-refractivity contribution in [2.45, 2.75) is 44.6 Å². The maximum atomic E-state index is 10.3. The summed E-state index contributed by atoms with van der Waals surface area (Å²) in [4.78, 5) is 0. The lowest BCUT2D eigenvalue weighted by molar-refractivity contribution is 0.128. The highest BCUT2D eigenvalue weighted by Gasteiger charge is 2.20. The topological polar surface area (TPSA) is 29.5 Å². The molecule has 0 aliphatic heterocycles. The maximum Gasteiger partial charge on any atom is 0.124 e. The van der Waals surface area contributed by atoms with Gasteiger partial charge in [-0.05, 0) is 18.4 Å². The van der Waals surface area contributed by atoms with E-state index in [1.54, 1.807) is 7.11 Å². The Morgan fingerprint density at radius 2 is 1.94 bits per heavy atom. The van der Waals surface area contributed by atoms with Gasteiger partial charge in [-0.25, -0.2) is 0 Å². The van der Waals surface area contributed by atoms with Crippen LogP contribution in [0.25, 0.3) is 0 Å². The Balaban J connectivity index is 2.00. The molecule has 0 radical (unpaired) electrons. The quantitative estimate of drug-likeness (QED) is 0.860. The fraction of sp³-hybridized carbons (Fsp3) is 0.600. The van der Waals surface area contributed by atoms with Crippen molar-refractivity contribution in [3.63, 3.8) is 0 Å². The minimum Gasteiger partial charge on any atom is -0.496 e. The van der Waals surface area contributed by atoms with Gasteiger partial charge < -0.3 is 9.84 Å². The molecule has 1 aromatic carbocycles. The molecule has 0 spiro atoms. The Hall–Kier alpha value is -1.02. The average molecular weight is 234 g/mol. The summed E-state index contributed by atoms with van der Waals surface area (Å²) in [6, 6.07) is 7.78. The largest absolute Gasteiger partial charge is 0.496 e. The molecule has 2 heteroatoms. The minimum atomic E-state index is -0.380. The van der Waals surface area contributed by atoms with E-state index < -0.39 is 0 Å². The standard InChI is InChI=1S/C15H22O2/c1-17-15-10-6-5-9-13(15)14(16)11-12-7-3-2-4-8-12/h5-6,9-10,12,14,16H,2-4,7-8,11H2,1H3. The van der Waals surface area contributed by atoms with E-state index in [0.29, 0.717) is 5.92 Å². The molecular weight excluding hydrogens is 212 g/mol. The Kier molecular flexibility index (Phi) is 4.43. The van der Waals surface area contributed by atoms with Crippen molar-refractivity contribution < 1.29 is 9.84 Å². The number of aliphatic hydroxyl groups excluding tert-OH is 1. The van der Waals surface area contributed by atoms with Crippen molar-refractivity contribution in [1.29, 1.82) is 0 Å². The second kappa shape index (κ2) is 6.06. The van der Waals surface area contributed by atoms with Crippen molar-refractivity contribution in [3.05, 3.63) is 29.8 Å². The van der Waals surface area contributed by atoms with Gasteiger partial charge in [0.15, 0.2) is 0 Å². The Labute approximate surface area is 104 Å². The van der Waals surface area contributed by atoms with Gasteiger partial charge in [0.2, 0.25) is 0 Å². The van der Waals surface area contributed by atoms with E-state index in [4.69, 9.17) is 4.74 Å². The normalized spacial score (nSPS) is 18.9. The van der Waals surface area contributed by atoms with Crippen molar-refractivity contribution in [1.82, 2.24) is 0 Å². The van der Waals surface area contributed by atoms with Crippen LogP contribution in [0.2, 0.25) is 0 Å². The van der Waals surface area contributed by atoms with Gasteiger partial charge in [-0.1, -0.05) is 50.3 Å². The smallest absolute Gasteiger partial charge is 0.124 e. The van der Waals surface area contributed by atoms with E-state index in [1.807, 2.05) is 24.3 Å². The van der Waals surface area contributed by atoms with Crippen LogP contribution in [0.1, 0.15) is 50.2 Å². The number of hydrogen-bond donors (Lipinski definition) is 1. The summed E-state index contributed by atoms with van der Waals surface area (Å²) in [5.74, 6) is 1.49. The molecule has 1 aliphatic carbocycles. The summed E-state index contributed by atoms with van der Waals surface area (Å²) < 4.78 is 5.30. The van der Waals surface area contributed by atoms with Gasteiger partial charge in [-0.3, -0.25) is 0 Å². The third kappa shape index (κ3) is 3.22. The molecule has 1 aromatic rings. The van der Waals surface area contributed by atoms with Crippen molar-refractivity contribution in [2.24, 2.45) is 5.92 Å². The lowest BCUT2D eigenvalue weighted by Gasteiger charge is -2.24. The van der Waals surface area contributed by atoms with E-state index in [9.17, 15) is 5.11 Å². The Morgan fingerprint density at radius 1 is 1.24 bits per heavy atom. The molecule has 2 rings (SSSR count). The molecule has 0 bridgehead atoms. The lowest BCUT2D eigenvalue weighted by atomic mass is 9.84. The van der Waals surface area contributed by atoms with E-state index in [2.05, 4.69) is 0 Å². The number of hydrogen-bond acceptors (Lipinski definition) is 2. The highest BCUT2D eigenvalue weighted by atomic mass is 16.5. The molecular formula is C15H22O2. The van der Waals surface area contributed by atoms with Crippen LogP contribution in [-0.2, 0) is 0 Å². The first-order valence-corrected chi connectivity index (χ1v) is 6.62. The zero-order chi connectivity index (χ0) is 12.1. The lowest BCUT2D eigenvalue weighted by Crippen LogP contribution is -2.11. The van der Waals surface area contributed by atoms with Crippen LogP contribution >= 0.6 is 0 Å². The van der Waals surface area contributed by atoms with Crippen LogP contribution in [0.5, 0.6) is 5.75 Å². The summed E-state index contributed by atoms with van der Waals surface area (Å²) in [6.45, 7) is 0. The molecule has 94 valence electrons. The fourth-order valence-electron chi connectivity index (χ4n) is 2.81. The van der Waals surface area contributed by atoms with Crippen LogP contribution in [-0.4, -0.2) is 12.2 Å². The summed E-state index contributed by atoms with van der Waals surface area (Å²) >= 11 is 0. The highest BCUT2D eigenvalue weighted by Crippen LogP contribution is 2.34. The summed E-state index contributed by atoms with van der Waals surface area (Å²) in [6.07, 6.45) is 7.04. The van der Waals surface area contributed by atoms with Gasteiger partial charge in [-0.15, -0.1) is 0 Å². The molecule has 1 atom stereocenters. The predicted molar refractivity (Wildman–Crippen MR) is 69.1 cm³/mol. The van der Waals surface area contributed by atoms with Crippen LogP contribution in [0.15, 0.2) is 24.3 Å². The first-order chi connectivity index (χ1) is 8.31. The van der Waals surface area contributed by atoms with Crippen LogP contribution in [0.3, 0.4) is 0 Å². The molecule has 1 fully saturated rings. The first-order valence-electron chi connectivity index (χ1n) is 6.62. The van der Waals surface area contributed by atoms with E-state index in [-0.39, 0.29) is 6.10 Å². The third-order valence-corrected chi connectivity index (χ3v) is 3.78. The highest BCUT2D eigenvalue weighted by molar-refractivity contribution is 5.34. The molecule has 0 aromatic heterocycles. The number of methoxy groups -OCH3 is 1. The second-order valence-corrected chi connectivity index (χ2v) is 5.00. The molecule has 0 saturated heterocycles. The van der Waals surface area contributed by atoms with E-state index in [0.717, 1.165) is 17.7 Å². The zero-order valence-electron chi connectivity index (χ0n) is 10.6. The first kappa shape index (κ1) is 12.4. The van der Waals surface area contributed by atoms with Gasteiger partial charge in [0.05, 0.1) is 13.2 Å². The van der Waals surface area contributed by atoms with Crippen LogP contribution < -0.4 is 4.74 Å². The average Bonchev–Trinajstić information content (AvgIpc) is 2.40. The molecule has 1 unspecified atom stereocenters. The van der Waals surface area contributed by atoms with E-state index >= 15 is 0 Å². The number of ether oxygens (including phenoxy) is 1. The zero-order valence-corrected chi connectivity index (χ0v) is 10.6. The van der Waals surface area contributed by atoms with Gasteiger partial charge in [0.25, 0.3) is 0 Å². The number of rotatable bonds is 4. The van der Waals surface area contributed by atoms with Crippen LogP contribution in [0, 0.1) is 5.92 Å². The number of benzene rings is 1. The second-order valence-electron chi connectivity index (χ2n) is 5.00. The molecule has 2 nitrogen and oxygen atoms in total. The molecule has 1 saturated carbocycles. The van der Waals surface area contributed by atoms with Crippen LogP contribution in [0.4, 0.5) is 0 Å². The van der Waals surface area contributed by atoms with Gasteiger partial charge in [0.1, 0.15) is 5.75 Å². The predicted octanol–water partition coefficient (Wildman–Crippen LogP) is 3.70. The fourth-order valence-corrected chi connectivity index (χ4v) is 2.81. The molecule has 17 heavy (non-hydrogen) atoms. The summed E-state index contributed by atoms with van der Waals surface area (Å²) in [5.41, 5.74) is 0.931. The SMILES string of the molecule is COc1ccccc1C(O)CC1CCCCC1. The molecule has 0 amide bonds. The van der Waals surface area contributed by atoms with Gasteiger partial charge in [-0.2, -0.15) is 0 Å². The Bertz CT molecular complexity index is 343. The Morgan fingerprint density at radius 3 is 2.65 bits per heavy atom. The van der Waals surface area contributed by atoms with Crippen molar-refractivity contribution in [3.8, 4) is 5.75 Å². The number of aliphatic hydroxyl groups is 1. The maximum absolute atomic E-state index is 10.3. The monoisotopic (exact) mass is 234 g/mol. The minimum absolute atomic E-state index is 0.380. The molecule has 1 aliphatic rings. The van der Waals surface area contributed by atoms with Crippen molar-refractivity contribution >= 4 is 0 Å². The van der Waals surface area contributed by atoms with E-state index in [1.165, 1.54) is 32.1 Å². The summed E-state index contributed by atoms with van der Waals surface area (Å²) in [5, 5.41) is 10.3. The molecule has 1 N–H and O–H groups in total. The van der Waals surface area contributed by atoms with Gasteiger partial charge >= 0.3 is 0 Å². The molecule has 0 heterocycles.